The van der Waals surface area contributed by atoms with E-state index < -0.39 is 5.91 Å². The van der Waals surface area contributed by atoms with Gasteiger partial charge in [-0.25, -0.2) is 0 Å². The number of nitrogens with zero attached hydrogens (tertiary/aromatic N) is 2. The number of hydrogen-bond donors (Lipinski definition) is 1. The number of amides is 2. The molecule has 1 spiro atoms. The second-order valence-corrected chi connectivity index (χ2v) is 7.81. The van der Waals surface area contributed by atoms with E-state index in [4.69, 9.17) is 9.26 Å². The molecule has 0 bridgehead atoms. The number of likely N-dealkylation sites (tertiary alicyclic amines) is 1. The van der Waals surface area contributed by atoms with E-state index in [1.54, 1.807) is 12.1 Å². The summed E-state index contributed by atoms with van der Waals surface area (Å²) in [4.78, 5) is 27.2. The first-order valence-electron chi connectivity index (χ1n) is 9.90. The molecular weight excluding hydrogens is 370 g/mol. The van der Waals surface area contributed by atoms with Crippen molar-refractivity contribution in [1.82, 2.24) is 10.1 Å². The number of carbonyl (C=O) groups excluding carboxylic acids is 2. The molecule has 2 aromatic rings. The molecule has 7 nitrogen and oxygen atoms in total. The molecule has 3 heterocycles. The zero-order valence-electron chi connectivity index (χ0n) is 16.7. The van der Waals surface area contributed by atoms with Gasteiger partial charge in [-0.2, -0.15) is 0 Å². The van der Waals surface area contributed by atoms with Crippen LogP contribution in [0, 0.1) is 6.92 Å². The maximum absolute atomic E-state index is 13.0. The molecule has 2 aliphatic heterocycles. The van der Waals surface area contributed by atoms with Crippen LogP contribution in [-0.4, -0.2) is 47.2 Å². The Morgan fingerprint density at radius 2 is 1.97 bits per heavy atom. The topological polar surface area (TPSA) is 84.7 Å². The molecule has 4 rings (SSSR count). The minimum Gasteiger partial charge on any atom is -0.370 e. The highest BCUT2D eigenvalue weighted by molar-refractivity contribution is 6.03. The molecule has 1 N–H and O–H groups in total. The fourth-order valence-corrected chi connectivity index (χ4v) is 3.94. The minimum atomic E-state index is -0.397. The molecule has 0 atom stereocenters. The van der Waals surface area contributed by atoms with Crippen molar-refractivity contribution in [3.8, 4) is 0 Å². The van der Waals surface area contributed by atoms with Crippen molar-refractivity contribution in [2.45, 2.75) is 38.7 Å². The van der Waals surface area contributed by atoms with Gasteiger partial charge in [-0.05, 0) is 50.8 Å². The van der Waals surface area contributed by atoms with E-state index in [9.17, 15) is 9.59 Å². The predicted octanol–water partition coefficient (Wildman–Crippen LogP) is 3.58. The van der Waals surface area contributed by atoms with Gasteiger partial charge in [0.2, 0.25) is 5.76 Å². The van der Waals surface area contributed by atoms with Crippen LogP contribution in [0.15, 0.2) is 46.6 Å². The fraction of sp³-hybridized carbons (Fsp3) is 0.409. The van der Waals surface area contributed by atoms with Gasteiger partial charge in [0.15, 0.2) is 0 Å². The maximum Gasteiger partial charge on any atom is 0.294 e. The third-order valence-electron chi connectivity index (χ3n) is 5.69. The van der Waals surface area contributed by atoms with Crippen LogP contribution in [0.5, 0.6) is 0 Å². The Morgan fingerprint density at radius 3 is 2.66 bits per heavy atom. The largest absolute Gasteiger partial charge is 0.370 e. The van der Waals surface area contributed by atoms with E-state index in [1.807, 2.05) is 17.9 Å². The maximum atomic E-state index is 13.0. The summed E-state index contributed by atoms with van der Waals surface area (Å²) in [5.74, 6) is -0.309. The van der Waals surface area contributed by atoms with Gasteiger partial charge in [-0.1, -0.05) is 22.9 Å². The molecule has 1 fully saturated rings. The summed E-state index contributed by atoms with van der Waals surface area (Å²) in [7, 11) is 0. The summed E-state index contributed by atoms with van der Waals surface area (Å²) in [5.41, 5.74) is 3.14. The number of anilines is 1. The highest BCUT2D eigenvalue weighted by Crippen LogP contribution is 2.33. The van der Waals surface area contributed by atoms with Crippen molar-refractivity contribution < 1.29 is 18.8 Å². The van der Waals surface area contributed by atoms with Gasteiger partial charge in [0, 0.05) is 30.4 Å². The third-order valence-corrected chi connectivity index (χ3v) is 5.69. The first kappa shape index (κ1) is 19.4. The molecular formula is C22H25N3O4. The Labute approximate surface area is 169 Å². The van der Waals surface area contributed by atoms with Gasteiger partial charge in [-0.3, -0.25) is 9.59 Å². The Morgan fingerprint density at radius 1 is 1.17 bits per heavy atom. The molecule has 1 aromatic carbocycles. The molecule has 0 radical (unpaired) electrons. The van der Waals surface area contributed by atoms with Crippen LogP contribution in [0.1, 0.15) is 52.7 Å². The number of aryl methyl sites for hydroxylation is 1. The monoisotopic (exact) mass is 395 g/mol. The number of aromatic nitrogens is 1. The summed E-state index contributed by atoms with van der Waals surface area (Å²) < 4.78 is 10.9. The van der Waals surface area contributed by atoms with E-state index >= 15 is 0 Å². The van der Waals surface area contributed by atoms with Crippen LogP contribution >= 0.6 is 0 Å². The van der Waals surface area contributed by atoms with E-state index in [1.165, 1.54) is 17.8 Å². The highest BCUT2D eigenvalue weighted by atomic mass is 16.5. The first-order chi connectivity index (χ1) is 14.0. The summed E-state index contributed by atoms with van der Waals surface area (Å²) in [6, 6.07) is 6.85. The number of piperidine rings is 1. The van der Waals surface area contributed by atoms with Crippen molar-refractivity contribution in [2.75, 3.05) is 25.0 Å². The molecule has 1 saturated heterocycles. The standard InChI is InChI=1S/C22H25N3O4/c1-15-6-12-28-22(14-15)7-10-25(11-8-22)21(27)17-4-3-16(2)18(13-17)24-20(26)19-5-9-23-29-19/h3-5,9,13-14H,6-8,10-12H2,1-2H3,(H,24,26). The van der Waals surface area contributed by atoms with E-state index in [2.05, 4.69) is 23.5 Å². The summed E-state index contributed by atoms with van der Waals surface area (Å²) >= 11 is 0. The molecule has 0 unspecified atom stereocenters. The Bertz CT molecular complexity index is 941. The second kappa shape index (κ2) is 7.83. The van der Waals surface area contributed by atoms with Crippen LogP contribution in [0.4, 0.5) is 5.69 Å². The zero-order valence-corrected chi connectivity index (χ0v) is 16.7. The quantitative estimate of drug-likeness (QED) is 0.803. The summed E-state index contributed by atoms with van der Waals surface area (Å²) in [6.07, 6.45) is 6.24. The number of ether oxygens (including phenoxy) is 1. The van der Waals surface area contributed by atoms with Gasteiger partial charge < -0.3 is 19.5 Å². The molecule has 1 aromatic heterocycles. The number of nitrogens with one attached hydrogen (secondary N) is 1. The third kappa shape index (κ3) is 4.10. The average molecular weight is 395 g/mol. The molecule has 0 saturated carbocycles. The Balaban J connectivity index is 1.45. The highest BCUT2D eigenvalue weighted by Gasteiger charge is 2.36. The lowest BCUT2D eigenvalue weighted by molar-refractivity contribution is -0.0522. The van der Waals surface area contributed by atoms with Crippen molar-refractivity contribution in [3.05, 3.63) is 59.0 Å². The molecule has 7 heteroatoms. The first-order valence-corrected chi connectivity index (χ1v) is 9.90. The molecule has 2 amide bonds. The number of rotatable bonds is 3. The smallest absolute Gasteiger partial charge is 0.294 e. The van der Waals surface area contributed by atoms with Gasteiger partial charge >= 0.3 is 0 Å². The number of carbonyl (C=O) groups is 2. The minimum absolute atomic E-state index is 0.0356. The van der Waals surface area contributed by atoms with Crippen LogP contribution in [0.2, 0.25) is 0 Å². The van der Waals surface area contributed by atoms with E-state index in [-0.39, 0.29) is 17.3 Å². The van der Waals surface area contributed by atoms with Crippen molar-refractivity contribution in [3.63, 3.8) is 0 Å². The normalized spacial score (nSPS) is 18.4. The van der Waals surface area contributed by atoms with Gasteiger partial charge in [-0.15, -0.1) is 0 Å². The summed E-state index contributed by atoms with van der Waals surface area (Å²) in [5, 5.41) is 6.34. The predicted molar refractivity (Wildman–Crippen MR) is 108 cm³/mol. The van der Waals surface area contributed by atoms with Gasteiger partial charge in [0.05, 0.1) is 18.4 Å². The van der Waals surface area contributed by atoms with Crippen molar-refractivity contribution in [2.24, 2.45) is 0 Å². The van der Waals surface area contributed by atoms with Gasteiger partial charge in [0.1, 0.15) is 0 Å². The Kier molecular flexibility index (Phi) is 5.24. The lowest BCUT2D eigenvalue weighted by atomic mass is 9.87. The average Bonchev–Trinajstić information content (AvgIpc) is 3.25. The van der Waals surface area contributed by atoms with E-state index in [0.29, 0.717) is 24.3 Å². The Hall–Kier alpha value is -2.93. The lowest BCUT2D eigenvalue weighted by Crippen LogP contribution is -2.48. The fourth-order valence-electron chi connectivity index (χ4n) is 3.94. The lowest BCUT2D eigenvalue weighted by Gasteiger charge is -2.42. The molecule has 29 heavy (non-hydrogen) atoms. The number of benzene rings is 1. The van der Waals surface area contributed by atoms with Crippen molar-refractivity contribution in [1.29, 1.82) is 0 Å². The van der Waals surface area contributed by atoms with E-state index in [0.717, 1.165) is 31.4 Å². The molecule has 152 valence electrons. The second-order valence-electron chi connectivity index (χ2n) is 7.81. The molecule has 2 aliphatic rings. The van der Waals surface area contributed by atoms with Crippen LogP contribution in [-0.2, 0) is 4.74 Å². The van der Waals surface area contributed by atoms with Crippen LogP contribution in [0.3, 0.4) is 0 Å². The summed E-state index contributed by atoms with van der Waals surface area (Å²) in [6.45, 7) is 6.07. The van der Waals surface area contributed by atoms with Crippen LogP contribution < -0.4 is 5.32 Å². The number of hydrogen-bond acceptors (Lipinski definition) is 5. The van der Waals surface area contributed by atoms with Gasteiger partial charge in [0.25, 0.3) is 11.8 Å². The SMILES string of the molecule is CC1=CC2(CCN(C(=O)c3ccc(C)c(NC(=O)c4ccno4)c3)CC2)OCC1. The molecule has 0 aliphatic carbocycles. The zero-order chi connectivity index (χ0) is 20.4. The van der Waals surface area contributed by atoms with Crippen molar-refractivity contribution >= 4 is 17.5 Å². The van der Waals surface area contributed by atoms with Crippen LogP contribution in [0.25, 0.3) is 0 Å².